The predicted molar refractivity (Wildman–Crippen MR) is 83.0 cm³/mol. The van der Waals surface area contributed by atoms with E-state index in [1.54, 1.807) is 18.2 Å². The van der Waals surface area contributed by atoms with Crippen LogP contribution in [0.1, 0.15) is 26.2 Å². The van der Waals surface area contributed by atoms with Crippen LogP contribution in [0.3, 0.4) is 0 Å². The van der Waals surface area contributed by atoms with Crippen LogP contribution in [0.5, 0.6) is 5.75 Å². The summed E-state index contributed by atoms with van der Waals surface area (Å²) in [7, 11) is 4.12. The first kappa shape index (κ1) is 15.6. The van der Waals surface area contributed by atoms with E-state index < -0.39 is 0 Å². The molecule has 0 unspecified atom stereocenters. The van der Waals surface area contributed by atoms with Crippen LogP contribution in [0.4, 0.5) is 11.4 Å². The molecule has 1 saturated carbocycles. The van der Waals surface area contributed by atoms with Crippen LogP contribution in [0.2, 0.25) is 0 Å². The Bertz CT molecular complexity index is 513. The maximum absolute atomic E-state index is 11.3. The Hall–Kier alpha value is -1.82. The van der Waals surface area contributed by atoms with E-state index in [0.717, 1.165) is 12.8 Å². The Morgan fingerprint density at radius 3 is 2.62 bits per heavy atom. The molecule has 0 spiro atoms. The van der Waals surface area contributed by atoms with Crippen LogP contribution >= 0.6 is 0 Å². The van der Waals surface area contributed by atoms with Gasteiger partial charge in [-0.1, -0.05) is 6.07 Å². The minimum absolute atomic E-state index is 0.0209. The standard InChI is InChI=1S/C15H23N3O3/c1-4-21-13-8-5-7-12(14(13)18(19)20)16-11-15(17(2)3)9-6-10-15/h5,7-8,16H,4,6,9-11H2,1-3H3. The number of likely N-dealkylation sites (N-methyl/N-ethyl adjacent to an activating group) is 1. The van der Waals surface area contributed by atoms with E-state index in [9.17, 15) is 10.1 Å². The van der Waals surface area contributed by atoms with Gasteiger partial charge in [0.15, 0.2) is 5.75 Å². The molecular weight excluding hydrogens is 270 g/mol. The molecule has 0 aromatic heterocycles. The normalized spacial score (nSPS) is 16.4. The number of benzene rings is 1. The summed E-state index contributed by atoms with van der Waals surface area (Å²) in [4.78, 5) is 13.2. The fraction of sp³-hybridized carbons (Fsp3) is 0.600. The van der Waals surface area contributed by atoms with Crippen molar-refractivity contribution in [2.75, 3.05) is 32.6 Å². The molecule has 1 aromatic carbocycles. The van der Waals surface area contributed by atoms with Crippen molar-refractivity contribution in [3.05, 3.63) is 28.3 Å². The first-order valence-corrected chi connectivity index (χ1v) is 7.31. The van der Waals surface area contributed by atoms with Crippen LogP contribution in [0, 0.1) is 10.1 Å². The molecule has 1 aliphatic carbocycles. The van der Waals surface area contributed by atoms with E-state index >= 15 is 0 Å². The predicted octanol–water partition coefficient (Wildman–Crippen LogP) is 2.89. The molecule has 6 heteroatoms. The molecule has 1 aliphatic rings. The first-order chi connectivity index (χ1) is 10.00. The Balaban J connectivity index is 2.19. The second kappa shape index (κ2) is 6.30. The SMILES string of the molecule is CCOc1cccc(NCC2(N(C)C)CCC2)c1[N+](=O)[O-]. The monoisotopic (exact) mass is 293 g/mol. The number of rotatable bonds is 7. The second-order valence-electron chi connectivity index (χ2n) is 5.67. The van der Waals surface area contributed by atoms with Crippen molar-refractivity contribution in [1.82, 2.24) is 4.90 Å². The third kappa shape index (κ3) is 3.10. The molecule has 0 bridgehead atoms. The van der Waals surface area contributed by atoms with Crippen LogP contribution < -0.4 is 10.1 Å². The van der Waals surface area contributed by atoms with Crippen molar-refractivity contribution in [1.29, 1.82) is 0 Å². The number of nitro benzene ring substituents is 1. The largest absolute Gasteiger partial charge is 0.487 e. The number of nitro groups is 1. The van der Waals surface area contributed by atoms with Crippen LogP contribution in [0.15, 0.2) is 18.2 Å². The van der Waals surface area contributed by atoms with E-state index in [1.165, 1.54) is 6.42 Å². The van der Waals surface area contributed by atoms with Gasteiger partial charge < -0.3 is 15.0 Å². The fourth-order valence-corrected chi connectivity index (χ4v) is 2.75. The van der Waals surface area contributed by atoms with E-state index in [2.05, 4.69) is 24.3 Å². The molecule has 0 radical (unpaired) electrons. The van der Waals surface area contributed by atoms with E-state index in [1.807, 2.05) is 6.92 Å². The van der Waals surface area contributed by atoms with Crippen LogP contribution in [0.25, 0.3) is 0 Å². The van der Waals surface area contributed by atoms with Crippen LogP contribution in [-0.4, -0.2) is 42.6 Å². The third-order valence-electron chi connectivity index (χ3n) is 4.32. The lowest BCUT2D eigenvalue weighted by Gasteiger charge is -2.47. The minimum Gasteiger partial charge on any atom is -0.487 e. The van der Waals surface area contributed by atoms with Gasteiger partial charge in [-0.05, 0) is 52.4 Å². The quantitative estimate of drug-likeness (QED) is 0.618. The lowest BCUT2D eigenvalue weighted by Crippen LogP contribution is -2.54. The molecule has 6 nitrogen and oxygen atoms in total. The van der Waals surface area contributed by atoms with Gasteiger partial charge in [-0.3, -0.25) is 10.1 Å². The lowest BCUT2D eigenvalue weighted by molar-refractivity contribution is -0.384. The Labute approximate surface area is 125 Å². The summed E-state index contributed by atoms with van der Waals surface area (Å²) in [6, 6.07) is 5.16. The maximum atomic E-state index is 11.3. The fourth-order valence-electron chi connectivity index (χ4n) is 2.75. The van der Waals surface area contributed by atoms with Crippen molar-refractivity contribution in [2.24, 2.45) is 0 Å². The summed E-state index contributed by atoms with van der Waals surface area (Å²) >= 11 is 0. The summed E-state index contributed by atoms with van der Waals surface area (Å²) in [5.41, 5.74) is 0.654. The van der Waals surface area contributed by atoms with Gasteiger partial charge in [-0.25, -0.2) is 0 Å². The van der Waals surface area contributed by atoms with Gasteiger partial charge >= 0.3 is 5.69 Å². The summed E-state index contributed by atoms with van der Waals surface area (Å²) in [6.07, 6.45) is 3.44. The zero-order valence-electron chi connectivity index (χ0n) is 12.9. The van der Waals surface area contributed by atoms with E-state index in [-0.39, 0.29) is 16.1 Å². The van der Waals surface area contributed by atoms with Gasteiger partial charge in [0.05, 0.1) is 11.5 Å². The van der Waals surface area contributed by atoms with Crippen LogP contribution in [-0.2, 0) is 0 Å². The van der Waals surface area contributed by atoms with Crippen molar-refractivity contribution < 1.29 is 9.66 Å². The number of anilines is 1. The van der Waals surface area contributed by atoms with Crippen molar-refractivity contribution in [3.8, 4) is 5.75 Å². The minimum atomic E-state index is -0.379. The zero-order chi connectivity index (χ0) is 15.5. The summed E-state index contributed by atoms with van der Waals surface area (Å²) < 4.78 is 5.37. The second-order valence-corrected chi connectivity index (χ2v) is 5.67. The summed E-state index contributed by atoms with van der Waals surface area (Å²) in [5, 5.41) is 14.6. The number of hydrogen-bond donors (Lipinski definition) is 1. The molecule has 1 aromatic rings. The van der Waals surface area contributed by atoms with Gasteiger partial charge in [0.2, 0.25) is 0 Å². The first-order valence-electron chi connectivity index (χ1n) is 7.31. The summed E-state index contributed by atoms with van der Waals surface area (Å²) in [5.74, 6) is 0.319. The average Bonchev–Trinajstić information content (AvgIpc) is 2.37. The van der Waals surface area contributed by atoms with E-state index in [4.69, 9.17) is 4.74 Å². The molecule has 1 fully saturated rings. The highest BCUT2D eigenvalue weighted by Crippen LogP contribution is 2.39. The smallest absolute Gasteiger partial charge is 0.333 e. The van der Waals surface area contributed by atoms with Gasteiger partial charge in [-0.15, -0.1) is 0 Å². The molecule has 0 heterocycles. The van der Waals surface area contributed by atoms with Gasteiger partial charge in [0.1, 0.15) is 5.69 Å². The Morgan fingerprint density at radius 1 is 1.43 bits per heavy atom. The average molecular weight is 293 g/mol. The lowest BCUT2D eigenvalue weighted by atomic mass is 9.75. The number of nitrogens with zero attached hydrogens (tertiary/aromatic N) is 2. The number of ether oxygens (including phenoxy) is 1. The topological polar surface area (TPSA) is 67.6 Å². The number of para-hydroxylation sites is 1. The molecule has 0 saturated heterocycles. The number of nitrogens with one attached hydrogen (secondary N) is 1. The molecule has 0 atom stereocenters. The molecule has 116 valence electrons. The highest BCUT2D eigenvalue weighted by molar-refractivity contribution is 5.68. The highest BCUT2D eigenvalue weighted by atomic mass is 16.6. The maximum Gasteiger partial charge on any atom is 0.333 e. The molecule has 21 heavy (non-hydrogen) atoms. The zero-order valence-corrected chi connectivity index (χ0v) is 12.9. The molecule has 0 amide bonds. The Morgan fingerprint density at radius 2 is 2.14 bits per heavy atom. The highest BCUT2D eigenvalue weighted by Gasteiger charge is 2.39. The van der Waals surface area contributed by atoms with Crippen molar-refractivity contribution >= 4 is 11.4 Å². The molecule has 1 N–H and O–H groups in total. The van der Waals surface area contributed by atoms with E-state index in [0.29, 0.717) is 24.6 Å². The van der Waals surface area contributed by atoms with Crippen molar-refractivity contribution in [3.63, 3.8) is 0 Å². The molecule has 2 rings (SSSR count). The van der Waals surface area contributed by atoms with Gasteiger partial charge in [0, 0.05) is 12.1 Å². The molecule has 0 aliphatic heterocycles. The van der Waals surface area contributed by atoms with Gasteiger partial charge in [0.25, 0.3) is 0 Å². The molecular formula is C15H23N3O3. The Kier molecular flexibility index (Phi) is 4.67. The van der Waals surface area contributed by atoms with Crippen molar-refractivity contribution in [2.45, 2.75) is 31.7 Å². The van der Waals surface area contributed by atoms with Gasteiger partial charge in [-0.2, -0.15) is 0 Å². The number of hydrogen-bond acceptors (Lipinski definition) is 5. The third-order valence-corrected chi connectivity index (χ3v) is 4.32. The summed E-state index contributed by atoms with van der Waals surface area (Å²) in [6.45, 7) is 2.93.